The molecule has 0 aliphatic carbocycles. The third-order valence-corrected chi connectivity index (χ3v) is 5.23. The van der Waals surface area contributed by atoms with E-state index in [-0.39, 0.29) is 40.8 Å². The molecular weight excluding hydrogens is 422 g/mol. The number of nitrogens with zero attached hydrogens (tertiary/aromatic N) is 2. The van der Waals surface area contributed by atoms with Gasteiger partial charge in [0.15, 0.2) is 0 Å². The van der Waals surface area contributed by atoms with Crippen molar-refractivity contribution in [3.63, 3.8) is 0 Å². The molecule has 1 saturated heterocycles. The van der Waals surface area contributed by atoms with Gasteiger partial charge in [-0.15, -0.1) is 0 Å². The molecule has 0 bridgehead atoms. The second kappa shape index (κ2) is 9.48. The fourth-order valence-electron chi connectivity index (χ4n) is 3.03. The lowest BCUT2D eigenvalue weighted by Crippen LogP contribution is -2.50. The summed E-state index contributed by atoms with van der Waals surface area (Å²) in [5.41, 5.74) is -3.54. The highest BCUT2D eigenvalue weighted by molar-refractivity contribution is 8.00. The molecule has 0 spiro atoms. The van der Waals surface area contributed by atoms with Crippen LogP contribution in [0, 0.1) is 5.82 Å². The number of benzene rings is 2. The van der Waals surface area contributed by atoms with Crippen molar-refractivity contribution in [1.82, 2.24) is 9.80 Å². The van der Waals surface area contributed by atoms with Crippen molar-refractivity contribution in [2.45, 2.75) is 10.4 Å². The van der Waals surface area contributed by atoms with E-state index in [1.807, 2.05) is 4.90 Å². The number of rotatable bonds is 5. The Morgan fingerprint density at radius 3 is 2.10 bits per heavy atom. The van der Waals surface area contributed by atoms with Crippen LogP contribution in [0.25, 0.3) is 0 Å². The summed E-state index contributed by atoms with van der Waals surface area (Å²) in [5.74, 6) is -0.879. The quantitative estimate of drug-likeness (QED) is 0.566. The number of anilines is 1. The van der Waals surface area contributed by atoms with Gasteiger partial charge in [-0.3, -0.25) is 14.5 Å². The lowest BCUT2D eigenvalue weighted by molar-refractivity contribution is -0.117. The smallest absolute Gasteiger partial charge is 0.336 e. The predicted octanol–water partition coefficient (Wildman–Crippen LogP) is 3.83. The average molecular weight is 441 g/mol. The van der Waals surface area contributed by atoms with E-state index in [4.69, 9.17) is 0 Å². The number of halogens is 4. The normalized spacial score (nSPS) is 15.1. The van der Waals surface area contributed by atoms with E-state index in [0.717, 1.165) is 0 Å². The largest absolute Gasteiger partial charge is 0.446 e. The molecule has 3 rings (SSSR count). The van der Waals surface area contributed by atoms with Gasteiger partial charge < -0.3 is 10.2 Å². The number of piperazine rings is 1. The number of carbonyl (C=O) groups excluding carboxylic acids is 2. The van der Waals surface area contributed by atoms with Crippen molar-refractivity contribution in [1.29, 1.82) is 0 Å². The average Bonchev–Trinajstić information content (AvgIpc) is 2.69. The molecule has 2 aromatic rings. The van der Waals surface area contributed by atoms with Gasteiger partial charge in [-0.1, -0.05) is 0 Å². The number of thioether (sulfide) groups is 1. The molecule has 10 heteroatoms. The van der Waals surface area contributed by atoms with Crippen LogP contribution < -0.4 is 5.32 Å². The molecular formula is C20H19F4N3O2S. The number of carbonyl (C=O) groups is 2. The first-order valence-corrected chi connectivity index (χ1v) is 9.94. The molecule has 2 amide bonds. The molecule has 0 atom stereocenters. The van der Waals surface area contributed by atoms with E-state index in [2.05, 4.69) is 5.32 Å². The van der Waals surface area contributed by atoms with Crippen molar-refractivity contribution in [3.8, 4) is 0 Å². The first-order valence-electron chi connectivity index (χ1n) is 9.12. The molecule has 2 aromatic carbocycles. The van der Waals surface area contributed by atoms with Crippen LogP contribution in [0.2, 0.25) is 0 Å². The molecule has 5 nitrogen and oxygen atoms in total. The third-order valence-electron chi connectivity index (χ3n) is 4.49. The fourth-order valence-corrected chi connectivity index (χ4v) is 3.57. The monoisotopic (exact) mass is 441 g/mol. The van der Waals surface area contributed by atoms with Crippen molar-refractivity contribution in [3.05, 3.63) is 59.9 Å². The molecule has 1 fully saturated rings. The summed E-state index contributed by atoms with van der Waals surface area (Å²) in [4.78, 5) is 28.2. The highest BCUT2D eigenvalue weighted by Crippen LogP contribution is 2.36. The van der Waals surface area contributed by atoms with E-state index >= 15 is 0 Å². The second-order valence-electron chi connectivity index (χ2n) is 6.70. The summed E-state index contributed by atoms with van der Waals surface area (Å²) in [6, 6.07) is 10.8. The van der Waals surface area contributed by atoms with E-state index in [0.29, 0.717) is 37.4 Å². The van der Waals surface area contributed by atoms with Crippen molar-refractivity contribution >= 4 is 29.3 Å². The molecule has 160 valence electrons. The summed E-state index contributed by atoms with van der Waals surface area (Å²) in [6.45, 7) is 1.93. The third kappa shape index (κ3) is 6.46. The second-order valence-corrected chi connectivity index (χ2v) is 7.83. The van der Waals surface area contributed by atoms with Gasteiger partial charge in [0, 0.05) is 42.3 Å². The molecule has 30 heavy (non-hydrogen) atoms. The van der Waals surface area contributed by atoms with Crippen LogP contribution in [-0.2, 0) is 4.79 Å². The number of hydrogen-bond acceptors (Lipinski definition) is 4. The van der Waals surface area contributed by atoms with Gasteiger partial charge in [-0.25, -0.2) is 4.39 Å². The summed E-state index contributed by atoms with van der Waals surface area (Å²) in [7, 11) is 0. The molecule has 1 heterocycles. The first kappa shape index (κ1) is 22.1. The maximum Gasteiger partial charge on any atom is 0.446 e. The Morgan fingerprint density at radius 1 is 0.933 bits per heavy atom. The Labute approximate surface area is 175 Å². The molecule has 1 aliphatic heterocycles. The first-order chi connectivity index (χ1) is 14.2. The molecule has 1 aliphatic rings. The Bertz CT molecular complexity index is 880. The van der Waals surface area contributed by atoms with E-state index in [1.54, 1.807) is 4.90 Å². The fraction of sp³-hybridized carbons (Fsp3) is 0.300. The Hall–Kier alpha value is -2.59. The van der Waals surface area contributed by atoms with Gasteiger partial charge in [0.1, 0.15) is 5.82 Å². The highest BCUT2D eigenvalue weighted by Gasteiger charge is 2.29. The van der Waals surface area contributed by atoms with Crippen molar-refractivity contribution in [2.24, 2.45) is 0 Å². The van der Waals surface area contributed by atoms with Gasteiger partial charge in [0.2, 0.25) is 5.91 Å². The van der Waals surface area contributed by atoms with Gasteiger partial charge in [-0.2, -0.15) is 13.2 Å². The lowest BCUT2D eigenvalue weighted by atomic mass is 10.2. The summed E-state index contributed by atoms with van der Waals surface area (Å²) >= 11 is -0.224. The number of hydrogen-bond donors (Lipinski definition) is 1. The summed E-state index contributed by atoms with van der Waals surface area (Å²) in [6.07, 6.45) is 0. The van der Waals surface area contributed by atoms with E-state index in [1.165, 1.54) is 48.5 Å². The predicted molar refractivity (Wildman–Crippen MR) is 106 cm³/mol. The topological polar surface area (TPSA) is 52.7 Å². The SMILES string of the molecule is O=C(CN1CCN(C(=O)c2ccc(SC(F)(F)F)cc2)CC1)Nc1ccc(F)cc1. The molecule has 1 N–H and O–H groups in total. The summed E-state index contributed by atoms with van der Waals surface area (Å²) < 4.78 is 50.1. The van der Waals surface area contributed by atoms with Gasteiger partial charge >= 0.3 is 5.51 Å². The van der Waals surface area contributed by atoms with Gasteiger partial charge in [0.25, 0.3) is 5.91 Å². The van der Waals surface area contributed by atoms with Gasteiger partial charge in [0.05, 0.1) is 6.54 Å². The van der Waals surface area contributed by atoms with Crippen LogP contribution in [0.1, 0.15) is 10.4 Å². The Balaban J connectivity index is 1.47. The Kier molecular flexibility index (Phi) is 6.99. The zero-order valence-electron chi connectivity index (χ0n) is 15.8. The minimum absolute atomic E-state index is 0.0241. The van der Waals surface area contributed by atoms with Crippen molar-refractivity contribution < 1.29 is 27.2 Å². The van der Waals surface area contributed by atoms with Crippen LogP contribution in [0.5, 0.6) is 0 Å². The Morgan fingerprint density at radius 2 is 1.53 bits per heavy atom. The molecule has 0 saturated carbocycles. The molecule has 0 aromatic heterocycles. The standard InChI is InChI=1S/C20H19F4N3O2S/c21-15-3-5-16(6-4-15)25-18(28)13-26-9-11-27(12-10-26)19(29)14-1-7-17(8-2-14)30-20(22,23)24/h1-8H,9-13H2,(H,25,28). The highest BCUT2D eigenvalue weighted by atomic mass is 32.2. The minimum Gasteiger partial charge on any atom is -0.336 e. The zero-order chi connectivity index (χ0) is 21.7. The van der Waals surface area contributed by atoms with Crippen LogP contribution in [-0.4, -0.2) is 59.8 Å². The van der Waals surface area contributed by atoms with Crippen LogP contribution in [0.15, 0.2) is 53.4 Å². The maximum atomic E-state index is 12.9. The number of amides is 2. The molecule has 0 radical (unpaired) electrons. The maximum absolute atomic E-state index is 12.9. The lowest BCUT2D eigenvalue weighted by Gasteiger charge is -2.34. The zero-order valence-corrected chi connectivity index (χ0v) is 16.6. The van der Waals surface area contributed by atoms with E-state index in [9.17, 15) is 27.2 Å². The van der Waals surface area contributed by atoms with Crippen LogP contribution in [0.3, 0.4) is 0 Å². The number of nitrogens with one attached hydrogen (secondary N) is 1. The van der Waals surface area contributed by atoms with E-state index < -0.39 is 5.51 Å². The number of alkyl halides is 3. The van der Waals surface area contributed by atoms with Crippen LogP contribution >= 0.6 is 11.8 Å². The summed E-state index contributed by atoms with van der Waals surface area (Å²) in [5, 5.41) is 2.69. The van der Waals surface area contributed by atoms with Gasteiger partial charge in [-0.05, 0) is 60.3 Å². The molecule has 0 unspecified atom stereocenters. The minimum atomic E-state index is -4.37. The van der Waals surface area contributed by atoms with Crippen LogP contribution in [0.4, 0.5) is 23.2 Å². The van der Waals surface area contributed by atoms with Crippen molar-refractivity contribution in [2.75, 3.05) is 38.0 Å².